The molecule has 0 aromatic heterocycles. The molecule has 2 aromatic carbocycles. The van der Waals surface area contributed by atoms with E-state index in [2.05, 4.69) is 15.8 Å². The molecule has 0 spiro atoms. The zero-order valence-corrected chi connectivity index (χ0v) is 14.8. The number of primary amides is 1. The van der Waals surface area contributed by atoms with Crippen molar-refractivity contribution in [2.24, 2.45) is 10.8 Å². The number of benzene rings is 2. The first-order chi connectivity index (χ1) is 13.0. The summed E-state index contributed by atoms with van der Waals surface area (Å²) in [6.45, 7) is 1.73. The van der Waals surface area contributed by atoms with Gasteiger partial charge in [-0.05, 0) is 42.3 Å². The lowest BCUT2D eigenvalue weighted by molar-refractivity contribution is -0.139. The highest BCUT2D eigenvalue weighted by molar-refractivity contribution is 6.35. The summed E-state index contributed by atoms with van der Waals surface area (Å²) in [4.78, 5) is 34.3. The van der Waals surface area contributed by atoms with Crippen molar-refractivity contribution >= 4 is 23.4 Å². The van der Waals surface area contributed by atoms with Crippen molar-refractivity contribution in [1.82, 2.24) is 10.7 Å². The van der Waals surface area contributed by atoms with E-state index in [4.69, 9.17) is 10.5 Å². The number of hydrogen-bond donors (Lipinski definition) is 3. The van der Waals surface area contributed by atoms with Gasteiger partial charge in [0.15, 0.2) is 6.61 Å². The van der Waals surface area contributed by atoms with Crippen molar-refractivity contribution in [1.29, 1.82) is 0 Å². The minimum absolute atomic E-state index is 0.208. The molecule has 0 bridgehead atoms. The second kappa shape index (κ2) is 9.71. The van der Waals surface area contributed by atoms with Gasteiger partial charge in [0.2, 0.25) is 0 Å². The first kappa shape index (κ1) is 19.6. The van der Waals surface area contributed by atoms with E-state index in [0.717, 1.165) is 5.56 Å². The van der Waals surface area contributed by atoms with Crippen molar-refractivity contribution in [3.63, 3.8) is 0 Å². The maximum atomic E-state index is 11.8. The zero-order chi connectivity index (χ0) is 19.6. The maximum absolute atomic E-state index is 11.8. The molecular formula is C19H20N4O4. The van der Waals surface area contributed by atoms with Gasteiger partial charge in [-0.25, -0.2) is 5.43 Å². The van der Waals surface area contributed by atoms with Gasteiger partial charge in [0.25, 0.3) is 5.91 Å². The number of rotatable bonds is 7. The van der Waals surface area contributed by atoms with Gasteiger partial charge < -0.3 is 15.8 Å². The number of hydrazone groups is 1. The van der Waals surface area contributed by atoms with E-state index in [1.165, 1.54) is 0 Å². The lowest BCUT2D eigenvalue weighted by Crippen LogP contribution is -2.37. The molecule has 2 rings (SSSR count). The standard InChI is InChI=1S/C19H20N4O4/c1-13(15-7-9-16(10-8-15)27-12-17(20)24)22-23-19(26)18(25)21-11-14-5-3-2-4-6-14/h2-10H,11-12H2,1H3,(H2,20,24)(H,21,25)(H,23,26). The van der Waals surface area contributed by atoms with Crippen LogP contribution >= 0.6 is 0 Å². The summed E-state index contributed by atoms with van der Waals surface area (Å²) >= 11 is 0. The van der Waals surface area contributed by atoms with Crippen LogP contribution in [0.5, 0.6) is 5.75 Å². The maximum Gasteiger partial charge on any atom is 0.329 e. The molecule has 0 fully saturated rings. The van der Waals surface area contributed by atoms with Crippen LogP contribution in [-0.2, 0) is 20.9 Å². The summed E-state index contributed by atoms with van der Waals surface area (Å²) < 4.78 is 5.16. The first-order valence-corrected chi connectivity index (χ1v) is 8.13. The van der Waals surface area contributed by atoms with E-state index < -0.39 is 17.7 Å². The number of nitrogens with two attached hydrogens (primary N) is 1. The van der Waals surface area contributed by atoms with E-state index in [1.807, 2.05) is 30.3 Å². The van der Waals surface area contributed by atoms with Crippen LogP contribution in [0.1, 0.15) is 18.1 Å². The second-order valence-electron chi connectivity index (χ2n) is 5.59. The molecule has 8 heteroatoms. The quantitative estimate of drug-likeness (QED) is 0.378. The highest BCUT2D eigenvalue weighted by atomic mass is 16.5. The number of ether oxygens (including phenoxy) is 1. The molecule has 0 heterocycles. The van der Waals surface area contributed by atoms with Crippen molar-refractivity contribution in [2.45, 2.75) is 13.5 Å². The highest BCUT2D eigenvalue weighted by Gasteiger charge is 2.12. The SMILES string of the molecule is CC(=NNC(=O)C(=O)NCc1ccccc1)c1ccc(OCC(N)=O)cc1. The van der Waals surface area contributed by atoms with E-state index in [-0.39, 0.29) is 13.2 Å². The van der Waals surface area contributed by atoms with Gasteiger partial charge in [0.05, 0.1) is 5.71 Å². The third-order valence-corrected chi connectivity index (χ3v) is 3.48. The van der Waals surface area contributed by atoms with Crippen molar-refractivity contribution < 1.29 is 19.1 Å². The van der Waals surface area contributed by atoms with Gasteiger partial charge in [-0.2, -0.15) is 5.10 Å². The van der Waals surface area contributed by atoms with E-state index in [1.54, 1.807) is 31.2 Å². The molecule has 0 radical (unpaired) electrons. The largest absolute Gasteiger partial charge is 0.484 e. The monoisotopic (exact) mass is 368 g/mol. The lowest BCUT2D eigenvalue weighted by atomic mass is 10.1. The molecule has 4 N–H and O–H groups in total. The van der Waals surface area contributed by atoms with Gasteiger partial charge in [-0.15, -0.1) is 0 Å². The summed E-state index contributed by atoms with van der Waals surface area (Å²) in [5.74, 6) is -1.71. The van der Waals surface area contributed by atoms with Crippen LogP contribution in [0, 0.1) is 0 Å². The lowest BCUT2D eigenvalue weighted by Gasteiger charge is -2.06. The molecule has 140 valence electrons. The minimum atomic E-state index is -0.855. The molecule has 2 aromatic rings. The predicted octanol–water partition coefficient (Wildman–Crippen LogP) is 0.707. The van der Waals surface area contributed by atoms with E-state index >= 15 is 0 Å². The Morgan fingerprint density at radius 1 is 1.00 bits per heavy atom. The van der Waals surface area contributed by atoms with Gasteiger partial charge >= 0.3 is 11.8 Å². The van der Waals surface area contributed by atoms with Gasteiger partial charge in [0, 0.05) is 6.54 Å². The fourth-order valence-corrected chi connectivity index (χ4v) is 2.06. The van der Waals surface area contributed by atoms with Gasteiger partial charge in [-0.3, -0.25) is 14.4 Å². The Morgan fingerprint density at radius 2 is 1.67 bits per heavy atom. The summed E-state index contributed by atoms with van der Waals surface area (Å²) in [6.07, 6.45) is 0. The van der Waals surface area contributed by atoms with Crippen LogP contribution in [0.3, 0.4) is 0 Å². The Bertz CT molecular complexity index is 833. The second-order valence-corrected chi connectivity index (χ2v) is 5.59. The predicted molar refractivity (Wildman–Crippen MR) is 99.8 cm³/mol. The van der Waals surface area contributed by atoms with Crippen LogP contribution in [-0.4, -0.2) is 30.0 Å². The number of carbonyl (C=O) groups excluding carboxylic acids is 3. The van der Waals surface area contributed by atoms with Crippen molar-refractivity contribution in [3.8, 4) is 5.75 Å². The summed E-state index contributed by atoms with van der Waals surface area (Å²) in [5, 5.41) is 6.43. The number of hydrogen-bond acceptors (Lipinski definition) is 5. The third-order valence-electron chi connectivity index (χ3n) is 3.48. The fourth-order valence-electron chi connectivity index (χ4n) is 2.06. The van der Waals surface area contributed by atoms with Crippen LogP contribution in [0.25, 0.3) is 0 Å². The summed E-state index contributed by atoms with van der Waals surface area (Å²) in [6, 6.07) is 15.9. The molecule has 8 nitrogen and oxygen atoms in total. The Labute approximate surface area is 156 Å². The molecule has 0 atom stereocenters. The number of nitrogens with one attached hydrogen (secondary N) is 2. The first-order valence-electron chi connectivity index (χ1n) is 8.13. The van der Waals surface area contributed by atoms with Crippen molar-refractivity contribution in [2.75, 3.05) is 6.61 Å². The average molecular weight is 368 g/mol. The molecular weight excluding hydrogens is 348 g/mol. The topological polar surface area (TPSA) is 123 Å². The Morgan fingerprint density at radius 3 is 2.30 bits per heavy atom. The van der Waals surface area contributed by atoms with Crippen LogP contribution in [0.2, 0.25) is 0 Å². The van der Waals surface area contributed by atoms with Crippen molar-refractivity contribution in [3.05, 3.63) is 65.7 Å². The molecule has 3 amide bonds. The van der Waals surface area contributed by atoms with Gasteiger partial charge in [-0.1, -0.05) is 30.3 Å². The van der Waals surface area contributed by atoms with Gasteiger partial charge in [0.1, 0.15) is 5.75 Å². The van der Waals surface area contributed by atoms with Crippen LogP contribution in [0.4, 0.5) is 0 Å². The zero-order valence-electron chi connectivity index (χ0n) is 14.8. The number of carbonyl (C=O) groups is 3. The Hall–Kier alpha value is -3.68. The fraction of sp³-hybridized carbons (Fsp3) is 0.158. The minimum Gasteiger partial charge on any atom is -0.484 e. The molecule has 0 saturated carbocycles. The smallest absolute Gasteiger partial charge is 0.329 e. The van der Waals surface area contributed by atoms with Crippen LogP contribution < -0.4 is 21.2 Å². The van der Waals surface area contributed by atoms with E-state index in [9.17, 15) is 14.4 Å². The average Bonchev–Trinajstić information content (AvgIpc) is 2.69. The Balaban J connectivity index is 1.85. The molecule has 0 aliphatic heterocycles. The number of amides is 3. The molecule has 0 unspecified atom stereocenters. The summed E-state index contributed by atoms with van der Waals surface area (Å²) in [5.41, 5.74) is 9.33. The molecule has 0 aliphatic carbocycles. The Kier molecular flexibility index (Phi) is 7.07. The summed E-state index contributed by atoms with van der Waals surface area (Å²) in [7, 11) is 0. The normalized spacial score (nSPS) is 10.8. The molecule has 0 saturated heterocycles. The highest BCUT2D eigenvalue weighted by Crippen LogP contribution is 2.12. The molecule has 27 heavy (non-hydrogen) atoms. The van der Waals surface area contributed by atoms with E-state index in [0.29, 0.717) is 17.0 Å². The van der Waals surface area contributed by atoms with Crippen LogP contribution in [0.15, 0.2) is 59.7 Å². The third kappa shape index (κ3) is 6.62. The number of nitrogens with zero attached hydrogens (tertiary/aromatic N) is 1. The molecule has 0 aliphatic rings.